The number of rotatable bonds is 22. The molecule has 36 heteroatoms. The third kappa shape index (κ3) is 21.8. The van der Waals surface area contributed by atoms with Gasteiger partial charge in [-0.05, 0) is 160 Å². The highest BCUT2D eigenvalue weighted by Crippen LogP contribution is 2.45. The number of fused-ring (bicyclic) bond motifs is 1. The number of ether oxygens (including phenoxy) is 4. The Bertz CT molecular complexity index is 4710. The Hall–Kier alpha value is -9.11. The molecule has 0 radical (unpaired) electrons. The van der Waals surface area contributed by atoms with Crippen molar-refractivity contribution < 1.29 is 81.3 Å². The lowest BCUT2D eigenvalue weighted by molar-refractivity contribution is -0.387. The number of nitrogens with zero attached hydrogens (tertiary/aromatic N) is 6. The van der Waals surface area contributed by atoms with E-state index >= 15 is 0 Å². The van der Waals surface area contributed by atoms with E-state index in [9.17, 15) is 78.0 Å². The lowest BCUT2D eigenvalue weighted by Crippen LogP contribution is -2.47. The number of benzene rings is 5. The number of halogens is 4. The number of hydrogen-bond donors (Lipinski definition) is 6. The van der Waals surface area contributed by atoms with Crippen molar-refractivity contribution in [3.8, 4) is 11.5 Å². The number of Topliss-reactive ketones (excluding diaryl/α,β-unsaturated/α-hetero) is 1. The summed E-state index contributed by atoms with van der Waals surface area (Å²) in [5.74, 6) is -2.37. The number of allylic oxidation sites excluding steroid dienone is 1. The van der Waals surface area contributed by atoms with Crippen molar-refractivity contribution in [1.29, 1.82) is 0 Å². The Morgan fingerprint density at radius 1 is 0.714 bits per heavy atom. The minimum absolute atomic E-state index is 0.0159. The number of sulfonamides is 2. The largest absolute Gasteiger partial charge is 0.455 e. The monoisotopic (exact) mass is 1520 g/mol. The molecule has 7 aromatic rings. The summed E-state index contributed by atoms with van der Waals surface area (Å²) < 4.78 is 147. The van der Waals surface area contributed by atoms with Crippen LogP contribution in [-0.4, -0.2) is 157 Å². The van der Waals surface area contributed by atoms with E-state index in [1.165, 1.54) is 54.6 Å². The SMILES string of the molecule is Cc1cc(C(F)(F)F)ccc1C1=C(CN2CCN(c3ccc(C(=O)CS(=O)(=O)c4ccc(NC[C@@H]5CCCO5)c([N+](=O)[O-])c4)c(Oc4cnc5[nH]ccc5c4)c3)CC2)CCC(C)(C)C1.NC[C@@H]1CCCO1.NS(=O)(=O)c1ccc(F)c([N+](=O)[O-])c1.NS(=O)(=O)c1ccc(NC[C@@H]2CCCO2)c([N+](=O)[O-])c1. The van der Waals surface area contributed by atoms with Gasteiger partial charge in [0.05, 0.1) is 65.1 Å². The van der Waals surface area contributed by atoms with E-state index in [1.54, 1.807) is 43.5 Å². The first-order chi connectivity index (χ1) is 49.5. The number of carbonyl (C=O) groups excluding carboxylic acids is 1. The molecule has 6 heterocycles. The molecule has 9 N–H and O–H groups in total. The number of ketones is 1. The number of carbonyl (C=O) groups is 1. The molecule has 12 rings (SSSR count). The van der Waals surface area contributed by atoms with Gasteiger partial charge in [0.1, 0.15) is 34.3 Å². The lowest BCUT2D eigenvalue weighted by atomic mass is 9.72. The molecule has 0 amide bonds. The lowest BCUT2D eigenvalue weighted by Gasteiger charge is -2.39. The molecule has 3 atom stereocenters. The van der Waals surface area contributed by atoms with Crippen LogP contribution in [0.25, 0.3) is 16.6 Å². The molecule has 2 aromatic heterocycles. The molecule has 5 aromatic carbocycles. The number of nitrogens with one attached hydrogen (secondary N) is 3. The standard InChI is InChI=1S/C47H51F3N6O7S.C11H15N3O5S.C6H5FN2O4S.C5H11NO/c1-30-21-33(47(48,49)50)6-9-38(30)40-25-46(2,3)14-12-32(40)28-54-16-18-55(19-17-54)34-7-10-39(44(23-34)63-36-22-31-13-15-51-45(31)53-27-36)43(57)29-64(60,61)37-8-11-41(42(24-37)56(58)59)52-26-35-5-4-20-62-35;12-20(17,18)9-3-4-10(11(6-9)14(15)16)13-7-8-2-1-5-19-8;7-5-2-1-4(14(8,12)13)3-6(5)9(10)11;6-4-5-2-1-3-7-5/h6-11,13,15,21-24,27,35,52H,4-5,12,14,16-20,25-26,28-29H2,1-3H3,(H,51,53);3-4,6,8,13H,1-2,5,7H2,(H2,12,17,18);1-3H,(H2,8,12,13);5H,1-4,6H2/t35-;8-;;5-/m00.0/s1. The van der Waals surface area contributed by atoms with Gasteiger partial charge in [0.15, 0.2) is 15.6 Å². The summed E-state index contributed by atoms with van der Waals surface area (Å²) in [6.45, 7) is 13.2. The summed E-state index contributed by atoms with van der Waals surface area (Å²) >= 11 is 0. The Morgan fingerprint density at radius 3 is 1.79 bits per heavy atom. The smallest absolute Gasteiger partial charge is 0.416 e. The van der Waals surface area contributed by atoms with E-state index in [0.29, 0.717) is 101 Å². The summed E-state index contributed by atoms with van der Waals surface area (Å²) in [4.78, 5) is 55.8. The van der Waals surface area contributed by atoms with E-state index in [4.69, 9.17) is 35.0 Å². The van der Waals surface area contributed by atoms with Crippen molar-refractivity contribution in [2.75, 3.05) is 93.5 Å². The number of nitro benzene ring substituents is 3. The summed E-state index contributed by atoms with van der Waals surface area (Å²) in [6, 6.07) is 21.8. The maximum absolute atomic E-state index is 14.0. The fraction of sp³-hybridized carbons (Fsp3) is 0.420. The Morgan fingerprint density at radius 2 is 1.27 bits per heavy atom. The number of H-pyrrole nitrogens is 1. The van der Waals surface area contributed by atoms with Gasteiger partial charge in [-0.3, -0.25) is 40.0 Å². The summed E-state index contributed by atoms with van der Waals surface area (Å²) in [5, 5.41) is 49.6. The van der Waals surface area contributed by atoms with E-state index in [2.05, 4.69) is 44.2 Å². The predicted octanol–water partition coefficient (Wildman–Crippen LogP) is 11.0. The van der Waals surface area contributed by atoms with Gasteiger partial charge >= 0.3 is 11.9 Å². The zero-order valence-corrected chi connectivity index (χ0v) is 60.1. The minimum Gasteiger partial charge on any atom is -0.455 e. The Labute approximate surface area is 603 Å². The van der Waals surface area contributed by atoms with Crippen LogP contribution in [0.15, 0.2) is 136 Å². The number of piperazine rings is 1. The number of primary sulfonamides is 2. The Kier molecular flexibility index (Phi) is 26.2. The third-order valence-electron chi connectivity index (χ3n) is 18.2. The molecule has 0 bridgehead atoms. The molecule has 4 saturated heterocycles. The van der Waals surface area contributed by atoms with Crippen LogP contribution in [0.5, 0.6) is 11.5 Å². The molecular formula is C69H82F4N12O17S3. The van der Waals surface area contributed by atoms with Gasteiger partial charge in [0.2, 0.25) is 25.9 Å². The van der Waals surface area contributed by atoms with Crippen LogP contribution < -0.4 is 36.3 Å². The summed E-state index contributed by atoms with van der Waals surface area (Å²) in [7, 11) is -12.4. The fourth-order valence-corrected chi connectivity index (χ4v) is 14.9. The number of pyridine rings is 1. The van der Waals surface area contributed by atoms with Crippen molar-refractivity contribution >= 4 is 86.4 Å². The predicted molar refractivity (Wildman–Crippen MR) is 383 cm³/mol. The highest BCUT2D eigenvalue weighted by molar-refractivity contribution is 7.92. The summed E-state index contributed by atoms with van der Waals surface area (Å²) in [6.07, 6.45) is 7.67. The summed E-state index contributed by atoms with van der Waals surface area (Å²) in [5.41, 5.74) is 8.66. The van der Waals surface area contributed by atoms with Crippen molar-refractivity contribution in [3.63, 3.8) is 0 Å². The highest BCUT2D eigenvalue weighted by Gasteiger charge is 2.35. The molecule has 4 fully saturated rings. The number of nitrogens with two attached hydrogens (primary N) is 3. The number of aromatic nitrogens is 2. The number of nitro groups is 3. The quantitative estimate of drug-likeness (QED) is 0.0159. The van der Waals surface area contributed by atoms with Gasteiger partial charge in [0.25, 0.3) is 11.4 Å². The number of hydrogen-bond acceptors (Lipinski definition) is 23. The van der Waals surface area contributed by atoms with Crippen molar-refractivity contribution in [2.45, 2.75) is 118 Å². The van der Waals surface area contributed by atoms with Crippen LogP contribution in [0.3, 0.4) is 0 Å². The molecule has 0 saturated carbocycles. The van der Waals surface area contributed by atoms with Crippen LogP contribution in [0.4, 0.5) is 51.7 Å². The molecular weight excluding hydrogens is 1440 g/mol. The molecule has 0 spiro atoms. The van der Waals surface area contributed by atoms with Crippen molar-refractivity contribution in [2.24, 2.45) is 21.4 Å². The minimum atomic E-state index is -4.41. The molecule has 566 valence electrons. The number of anilines is 3. The van der Waals surface area contributed by atoms with Crippen molar-refractivity contribution in [1.82, 2.24) is 14.9 Å². The fourth-order valence-electron chi connectivity index (χ4n) is 12.6. The van der Waals surface area contributed by atoms with E-state index in [-0.39, 0.29) is 55.8 Å². The van der Waals surface area contributed by atoms with Crippen molar-refractivity contribution in [3.05, 3.63) is 180 Å². The molecule has 1 aliphatic carbocycles. The molecule has 29 nitrogen and oxygen atoms in total. The van der Waals surface area contributed by atoms with Crippen LogP contribution in [0.1, 0.15) is 98.7 Å². The normalized spacial score (nSPS) is 18.4. The molecule has 105 heavy (non-hydrogen) atoms. The van der Waals surface area contributed by atoms with E-state index in [0.717, 1.165) is 98.4 Å². The number of alkyl halides is 3. The van der Waals surface area contributed by atoms with Gasteiger partial charge in [-0.2, -0.15) is 17.6 Å². The first-order valence-corrected chi connectivity index (χ1v) is 38.3. The second-order valence-electron chi connectivity index (χ2n) is 26.5. The number of aromatic amines is 1. The van der Waals surface area contributed by atoms with Crippen LogP contribution >= 0.6 is 0 Å². The first-order valence-electron chi connectivity index (χ1n) is 33.5. The molecule has 4 aliphatic heterocycles. The van der Waals surface area contributed by atoms with Crippen LogP contribution in [0.2, 0.25) is 0 Å². The van der Waals surface area contributed by atoms with E-state index in [1.807, 2.05) is 6.07 Å². The van der Waals surface area contributed by atoms with Gasteiger partial charge in [-0.15, -0.1) is 0 Å². The average molecular weight is 1520 g/mol. The second kappa shape index (κ2) is 34.4. The molecule has 0 unspecified atom stereocenters. The van der Waals surface area contributed by atoms with Gasteiger partial charge in [-0.1, -0.05) is 25.5 Å². The zero-order chi connectivity index (χ0) is 76.2. The molecule has 5 aliphatic rings. The second-order valence-corrected chi connectivity index (χ2v) is 31.6. The maximum atomic E-state index is 14.0. The van der Waals surface area contributed by atoms with Gasteiger partial charge in [0, 0.05) is 114 Å². The van der Waals surface area contributed by atoms with E-state index < -0.39 is 90.0 Å². The highest BCUT2D eigenvalue weighted by atomic mass is 32.2. The Balaban J connectivity index is 0.000000249. The number of sulfone groups is 1. The topological polar surface area (TPSA) is 423 Å². The average Bonchev–Trinajstić information content (AvgIpc) is 1.51. The van der Waals surface area contributed by atoms with Gasteiger partial charge < -0.3 is 45.2 Å². The first kappa shape index (κ1) is 80.0. The van der Waals surface area contributed by atoms with Gasteiger partial charge in [-0.25, -0.2) is 40.5 Å². The maximum Gasteiger partial charge on any atom is 0.416 e. The van der Waals surface area contributed by atoms with Crippen LogP contribution in [-0.2, 0) is 50.3 Å². The zero-order valence-electron chi connectivity index (χ0n) is 57.6. The third-order valence-corrected chi connectivity index (χ3v) is 21.7. The van der Waals surface area contributed by atoms with Crippen LogP contribution in [0, 0.1) is 48.5 Å². The number of aryl methyl sites for hydroxylation is 1.